The minimum atomic E-state index is -0.811. The van der Waals surface area contributed by atoms with Crippen LogP contribution in [0.15, 0.2) is 36.4 Å². The molecule has 4 saturated carbocycles. The molecule has 266 valence electrons. The zero-order valence-electron chi connectivity index (χ0n) is 29.4. The Labute approximate surface area is 296 Å². The van der Waals surface area contributed by atoms with E-state index in [1.54, 1.807) is 14.2 Å². The van der Waals surface area contributed by atoms with Gasteiger partial charge in [-0.25, -0.2) is 0 Å². The van der Waals surface area contributed by atoms with Gasteiger partial charge in [-0.05, 0) is 137 Å². The predicted octanol–water partition coefficient (Wildman–Crippen LogP) is 8.08. The third kappa shape index (κ3) is 7.86. The number of aliphatic carboxylic acids is 2. The minimum absolute atomic E-state index is 0.133. The van der Waals surface area contributed by atoms with Crippen LogP contribution in [0.25, 0.3) is 0 Å². The summed E-state index contributed by atoms with van der Waals surface area (Å²) in [6, 6.07) is 11.7. The van der Waals surface area contributed by atoms with Gasteiger partial charge in [0, 0.05) is 0 Å². The van der Waals surface area contributed by atoms with Gasteiger partial charge in [-0.15, -0.1) is 0 Å². The third-order valence-corrected chi connectivity index (χ3v) is 11.5. The molecule has 4 aliphatic rings. The monoisotopic (exact) mass is 682 g/mol. The van der Waals surface area contributed by atoms with Gasteiger partial charge in [-0.3, -0.25) is 9.59 Å². The summed E-state index contributed by atoms with van der Waals surface area (Å²) in [5.41, 5.74) is 0.353. The van der Waals surface area contributed by atoms with Gasteiger partial charge in [0.15, 0.2) is 23.0 Å². The molecule has 50 heavy (non-hydrogen) atoms. The van der Waals surface area contributed by atoms with E-state index in [0.29, 0.717) is 61.5 Å². The summed E-state index contributed by atoms with van der Waals surface area (Å²) in [7, 11) is 3.26. The van der Waals surface area contributed by atoms with Crippen molar-refractivity contribution in [2.24, 2.45) is 11.8 Å². The highest BCUT2D eigenvalue weighted by Gasteiger charge is 2.41. The summed E-state index contributed by atoms with van der Waals surface area (Å²) in [4.78, 5) is 24.6. The molecule has 8 heteroatoms. The van der Waals surface area contributed by atoms with E-state index in [4.69, 9.17) is 18.9 Å². The van der Waals surface area contributed by atoms with E-state index in [9.17, 15) is 19.8 Å². The van der Waals surface area contributed by atoms with Gasteiger partial charge >= 0.3 is 11.9 Å². The number of rotatable bonds is 10. The van der Waals surface area contributed by atoms with E-state index >= 15 is 0 Å². The van der Waals surface area contributed by atoms with Gasteiger partial charge in [-0.2, -0.15) is 0 Å². The Hall–Kier alpha value is -4.30. The smallest absolute Gasteiger partial charge is 0.306 e. The van der Waals surface area contributed by atoms with Crippen molar-refractivity contribution in [1.82, 2.24) is 0 Å². The first-order valence-electron chi connectivity index (χ1n) is 18.4. The van der Waals surface area contributed by atoms with Crippen LogP contribution in [0.2, 0.25) is 0 Å². The fraction of sp³-hybridized carbons (Fsp3) is 0.571. The average molecular weight is 683 g/mol. The Morgan fingerprint density at radius 2 is 1.00 bits per heavy atom. The second-order valence-corrected chi connectivity index (χ2v) is 14.7. The van der Waals surface area contributed by atoms with Gasteiger partial charge in [0.1, 0.15) is 0 Å². The molecule has 0 amide bonds. The van der Waals surface area contributed by atoms with Gasteiger partial charge in [-0.1, -0.05) is 36.8 Å². The topological polar surface area (TPSA) is 112 Å². The van der Waals surface area contributed by atoms with Crippen molar-refractivity contribution >= 4 is 11.9 Å². The summed E-state index contributed by atoms with van der Waals surface area (Å²) in [6.45, 7) is 0. The van der Waals surface area contributed by atoms with Crippen LogP contribution >= 0.6 is 0 Å². The number of benzene rings is 2. The second-order valence-electron chi connectivity index (χ2n) is 14.7. The van der Waals surface area contributed by atoms with Crippen molar-refractivity contribution in [1.29, 1.82) is 0 Å². The first kappa shape index (κ1) is 35.5. The minimum Gasteiger partial charge on any atom is -0.493 e. The molecule has 2 aromatic rings. The van der Waals surface area contributed by atoms with Gasteiger partial charge in [0.2, 0.25) is 0 Å². The maximum absolute atomic E-state index is 12.3. The zero-order valence-corrected chi connectivity index (χ0v) is 29.4. The first-order valence-corrected chi connectivity index (χ1v) is 18.4. The summed E-state index contributed by atoms with van der Waals surface area (Å²) in [6.07, 6.45) is 13.6. The van der Waals surface area contributed by atoms with Crippen LogP contribution in [0.1, 0.15) is 114 Å². The Bertz CT molecular complexity index is 1540. The molecule has 0 spiro atoms. The maximum atomic E-state index is 12.3. The largest absolute Gasteiger partial charge is 0.493 e. The highest BCUT2D eigenvalue weighted by molar-refractivity contribution is 5.71. The number of methoxy groups -OCH3 is 2. The summed E-state index contributed by atoms with van der Waals surface area (Å²) in [5.74, 6) is 13.3. The summed E-state index contributed by atoms with van der Waals surface area (Å²) >= 11 is 0. The lowest BCUT2D eigenvalue weighted by Crippen LogP contribution is -2.35. The molecule has 4 fully saturated rings. The third-order valence-electron chi connectivity index (χ3n) is 11.5. The number of hydrogen-bond donors (Lipinski definition) is 2. The van der Waals surface area contributed by atoms with Gasteiger partial charge < -0.3 is 29.2 Å². The molecule has 4 atom stereocenters. The molecule has 0 radical (unpaired) electrons. The van der Waals surface area contributed by atoms with Crippen molar-refractivity contribution in [3.05, 3.63) is 47.5 Å². The molecule has 2 N–H and O–H groups in total. The maximum Gasteiger partial charge on any atom is 0.306 e. The normalized spacial score (nSPS) is 26.9. The lowest BCUT2D eigenvalue weighted by Gasteiger charge is -2.37. The SMILES string of the molecule is COc1ccc([C@]2(C#CC#C[C@@]3(c4ccc(OC)c(OC5CCCC5)c4)CCC[C@H](C(=O)O)C3)CCC[C@H](C(=O)O)C2)cc1OC1CCCC1. The van der Waals surface area contributed by atoms with Crippen LogP contribution in [0, 0.1) is 35.5 Å². The number of ether oxygens (including phenoxy) is 4. The summed E-state index contributed by atoms with van der Waals surface area (Å²) in [5, 5.41) is 20.2. The van der Waals surface area contributed by atoms with Gasteiger partial charge in [0.05, 0.1) is 49.1 Å². The van der Waals surface area contributed by atoms with Crippen molar-refractivity contribution in [2.45, 2.75) is 126 Å². The Kier molecular flexibility index (Phi) is 11.2. The van der Waals surface area contributed by atoms with Crippen LogP contribution in [-0.4, -0.2) is 48.6 Å². The first-order chi connectivity index (χ1) is 24.2. The quantitative estimate of drug-likeness (QED) is 0.242. The Balaban J connectivity index is 1.39. The number of hydrogen-bond acceptors (Lipinski definition) is 6. The average Bonchev–Trinajstić information content (AvgIpc) is 3.85. The number of carboxylic acids is 2. The van der Waals surface area contributed by atoms with Crippen molar-refractivity contribution in [3.63, 3.8) is 0 Å². The molecule has 4 aliphatic carbocycles. The highest BCUT2D eigenvalue weighted by atomic mass is 16.5. The number of carboxylic acid groups (broad SMARTS) is 2. The van der Waals surface area contributed by atoms with Crippen molar-refractivity contribution in [3.8, 4) is 46.7 Å². The van der Waals surface area contributed by atoms with Crippen molar-refractivity contribution < 1.29 is 38.7 Å². The van der Waals surface area contributed by atoms with E-state index in [1.807, 2.05) is 36.4 Å². The molecule has 0 bridgehead atoms. The van der Waals surface area contributed by atoms with E-state index in [-0.39, 0.29) is 12.2 Å². The molecular formula is C42H50O8. The molecular weight excluding hydrogens is 632 g/mol. The van der Waals surface area contributed by atoms with E-state index < -0.39 is 34.6 Å². The zero-order chi connectivity index (χ0) is 35.1. The fourth-order valence-corrected chi connectivity index (χ4v) is 8.67. The van der Waals surface area contributed by atoms with Crippen LogP contribution in [-0.2, 0) is 20.4 Å². The number of carbonyl (C=O) groups is 2. The van der Waals surface area contributed by atoms with Crippen molar-refractivity contribution in [2.75, 3.05) is 14.2 Å². The van der Waals surface area contributed by atoms with Gasteiger partial charge in [0.25, 0.3) is 0 Å². The van der Waals surface area contributed by atoms with Crippen LogP contribution in [0.3, 0.4) is 0 Å². The molecule has 0 unspecified atom stereocenters. The Morgan fingerprint density at radius 3 is 1.36 bits per heavy atom. The lowest BCUT2D eigenvalue weighted by molar-refractivity contribution is -0.144. The predicted molar refractivity (Wildman–Crippen MR) is 190 cm³/mol. The van der Waals surface area contributed by atoms with E-state index in [2.05, 4.69) is 23.7 Å². The van der Waals surface area contributed by atoms with E-state index in [0.717, 1.165) is 75.3 Å². The fourth-order valence-electron chi connectivity index (χ4n) is 8.67. The molecule has 0 saturated heterocycles. The highest BCUT2D eigenvalue weighted by Crippen LogP contribution is 2.46. The molecule has 0 aliphatic heterocycles. The van der Waals surface area contributed by atoms with Crippen LogP contribution in [0.4, 0.5) is 0 Å². The lowest BCUT2D eigenvalue weighted by atomic mass is 9.65. The molecule has 2 aromatic carbocycles. The standard InChI is InChI=1S/C42H50O8/c1-47-35-19-17-31(25-37(35)49-33-13-3-4-14-33)41(23-9-11-29(27-41)39(43)44)21-7-8-22-42(24-10-12-30(28-42)40(45)46)32-18-20-36(48-2)38(26-32)50-34-15-5-6-16-34/h17-20,25-26,29-30,33-34H,3-6,9-16,23-24,27-28H2,1-2H3,(H,43,44)(H,45,46)/t29-,30-,41+,42+/m0/s1. The molecule has 8 nitrogen and oxygen atoms in total. The molecule has 0 heterocycles. The molecule has 6 rings (SSSR count). The summed E-state index contributed by atoms with van der Waals surface area (Å²) < 4.78 is 24.2. The van der Waals surface area contributed by atoms with Crippen LogP contribution in [0.5, 0.6) is 23.0 Å². The van der Waals surface area contributed by atoms with Crippen LogP contribution < -0.4 is 18.9 Å². The Morgan fingerprint density at radius 1 is 0.600 bits per heavy atom. The van der Waals surface area contributed by atoms with E-state index in [1.165, 1.54) is 0 Å². The molecule has 0 aromatic heterocycles. The second kappa shape index (κ2) is 15.7.